The molecule has 4 nitrogen and oxygen atoms in total. The molecule has 1 atom stereocenters. The molecule has 19 heavy (non-hydrogen) atoms. The minimum absolute atomic E-state index is 0.281. The van der Waals surface area contributed by atoms with Gasteiger partial charge in [0.05, 0.1) is 16.7 Å². The largest absolute Gasteiger partial charge is 0.377 e. The van der Waals surface area contributed by atoms with Crippen molar-refractivity contribution >= 4 is 22.3 Å². The van der Waals surface area contributed by atoms with E-state index in [-0.39, 0.29) is 5.78 Å². The van der Waals surface area contributed by atoms with Crippen LogP contribution in [-0.4, -0.2) is 36.6 Å². The minimum atomic E-state index is 0.281. The fraction of sp³-hybridized carbons (Fsp3) is 0.714. The number of nitrogens with zero attached hydrogens (tertiary/aromatic N) is 2. The Balaban J connectivity index is 1.76. The summed E-state index contributed by atoms with van der Waals surface area (Å²) < 4.78 is 5.73. The molecule has 0 spiro atoms. The molecule has 1 aliphatic heterocycles. The summed E-state index contributed by atoms with van der Waals surface area (Å²) in [7, 11) is 0. The summed E-state index contributed by atoms with van der Waals surface area (Å²) in [5, 5.41) is 1.02. The molecular weight excluding hydrogens is 260 g/mol. The van der Waals surface area contributed by atoms with Crippen molar-refractivity contribution in [3.8, 4) is 0 Å². The number of piperidine rings is 1. The van der Waals surface area contributed by atoms with Gasteiger partial charge in [-0.05, 0) is 32.6 Å². The molecule has 1 aromatic heterocycles. The molecule has 1 aromatic rings. The predicted octanol–water partition coefficient (Wildman–Crippen LogP) is 2.67. The van der Waals surface area contributed by atoms with Gasteiger partial charge in [0.15, 0.2) is 10.9 Å². The highest BCUT2D eigenvalue weighted by Crippen LogP contribution is 2.33. The van der Waals surface area contributed by atoms with Gasteiger partial charge >= 0.3 is 0 Å². The number of aromatic nitrogens is 1. The monoisotopic (exact) mass is 280 g/mol. The highest BCUT2D eigenvalue weighted by atomic mass is 32.1. The third-order valence-electron chi connectivity index (χ3n) is 3.81. The van der Waals surface area contributed by atoms with E-state index < -0.39 is 0 Å². The first-order valence-electron chi connectivity index (χ1n) is 7.17. The van der Waals surface area contributed by atoms with Crippen LogP contribution in [-0.2, 0) is 11.2 Å². The van der Waals surface area contributed by atoms with E-state index in [1.165, 1.54) is 0 Å². The molecule has 0 amide bonds. The maximum absolute atomic E-state index is 11.9. The first-order valence-corrected chi connectivity index (χ1v) is 7.99. The zero-order valence-corrected chi connectivity index (χ0v) is 12.2. The molecule has 0 N–H and O–H groups in total. The van der Waals surface area contributed by atoms with Crippen LogP contribution in [0.3, 0.4) is 0 Å². The summed E-state index contributed by atoms with van der Waals surface area (Å²) >= 11 is 1.58. The second kappa shape index (κ2) is 5.59. The number of ether oxygens (including phenoxy) is 1. The minimum Gasteiger partial charge on any atom is -0.377 e. The number of thiazole rings is 1. The van der Waals surface area contributed by atoms with E-state index in [1.54, 1.807) is 11.3 Å². The summed E-state index contributed by atoms with van der Waals surface area (Å²) in [5.74, 6) is 0.281. The van der Waals surface area contributed by atoms with Gasteiger partial charge in [-0.1, -0.05) is 11.3 Å². The van der Waals surface area contributed by atoms with Crippen LogP contribution >= 0.6 is 11.3 Å². The Morgan fingerprint density at radius 1 is 1.42 bits per heavy atom. The van der Waals surface area contributed by atoms with Crippen molar-refractivity contribution in [1.29, 1.82) is 0 Å². The van der Waals surface area contributed by atoms with Gasteiger partial charge < -0.3 is 9.64 Å². The van der Waals surface area contributed by atoms with Crippen molar-refractivity contribution in [2.45, 2.75) is 45.1 Å². The van der Waals surface area contributed by atoms with Gasteiger partial charge in [-0.3, -0.25) is 4.79 Å². The van der Waals surface area contributed by atoms with Crippen LogP contribution in [0.1, 0.15) is 48.0 Å². The number of anilines is 1. The molecule has 1 unspecified atom stereocenters. The van der Waals surface area contributed by atoms with E-state index in [0.29, 0.717) is 12.5 Å². The van der Waals surface area contributed by atoms with Crippen LogP contribution in [0, 0.1) is 0 Å². The van der Waals surface area contributed by atoms with Gasteiger partial charge in [0.25, 0.3) is 0 Å². The number of fused-ring (bicyclic) bond motifs is 1. The Morgan fingerprint density at radius 3 is 3.11 bits per heavy atom. The van der Waals surface area contributed by atoms with Gasteiger partial charge in [-0.15, -0.1) is 0 Å². The number of Topliss-reactive ketones (excluding diaryl/α,β-unsaturated/α-hetero) is 1. The second-order valence-electron chi connectivity index (χ2n) is 5.21. The van der Waals surface area contributed by atoms with E-state index in [4.69, 9.17) is 4.74 Å². The molecule has 2 heterocycles. The SMILES string of the molecule is CCOC1CCCN(c2nc3c(s2)C(=O)CCC3)C1. The quantitative estimate of drug-likeness (QED) is 0.853. The van der Waals surface area contributed by atoms with Gasteiger partial charge in [0.1, 0.15) is 0 Å². The van der Waals surface area contributed by atoms with Crippen molar-refractivity contribution in [3.63, 3.8) is 0 Å². The molecule has 1 aliphatic carbocycles. The van der Waals surface area contributed by atoms with Crippen molar-refractivity contribution in [2.75, 3.05) is 24.6 Å². The number of carbonyl (C=O) groups is 1. The number of ketones is 1. The molecule has 0 radical (unpaired) electrons. The number of aryl methyl sites for hydroxylation is 1. The van der Waals surface area contributed by atoms with E-state index >= 15 is 0 Å². The lowest BCUT2D eigenvalue weighted by molar-refractivity contribution is 0.0526. The third-order valence-corrected chi connectivity index (χ3v) is 5.01. The molecule has 104 valence electrons. The lowest BCUT2D eigenvalue weighted by atomic mass is 10.0. The van der Waals surface area contributed by atoms with Crippen LogP contribution in [0.5, 0.6) is 0 Å². The van der Waals surface area contributed by atoms with Crippen molar-refractivity contribution in [2.24, 2.45) is 0 Å². The average molecular weight is 280 g/mol. The lowest BCUT2D eigenvalue weighted by Crippen LogP contribution is -2.39. The van der Waals surface area contributed by atoms with Gasteiger partial charge in [-0.25, -0.2) is 4.98 Å². The van der Waals surface area contributed by atoms with Gasteiger partial charge in [0.2, 0.25) is 0 Å². The first-order chi connectivity index (χ1) is 9.28. The van der Waals surface area contributed by atoms with Gasteiger partial charge in [0, 0.05) is 26.1 Å². The smallest absolute Gasteiger partial charge is 0.186 e. The fourth-order valence-corrected chi connectivity index (χ4v) is 3.99. The maximum atomic E-state index is 11.9. The molecule has 2 aliphatic rings. The normalized spacial score (nSPS) is 23.5. The standard InChI is InChI=1S/C14H20N2O2S/c1-2-18-10-5-4-8-16(9-10)14-15-11-6-3-7-12(17)13(11)19-14/h10H,2-9H2,1H3. The Labute approximate surface area is 117 Å². The lowest BCUT2D eigenvalue weighted by Gasteiger charge is -2.32. The molecule has 1 fully saturated rings. The van der Waals surface area contributed by atoms with Crippen LogP contribution in [0.4, 0.5) is 5.13 Å². The summed E-state index contributed by atoms with van der Waals surface area (Å²) in [6.07, 6.45) is 5.19. The number of hydrogen-bond acceptors (Lipinski definition) is 5. The Bertz CT molecular complexity index is 470. The second-order valence-corrected chi connectivity index (χ2v) is 6.19. The van der Waals surface area contributed by atoms with Crippen LogP contribution in [0.25, 0.3) is 0 Å². The Morgan fingerprint density at radius 2 is 2.32 bits per heavy atom. The molecule has 0 aromatic carbocycles. The topological polar surface area (TPSA) is 42.4 Å². The summed E-state index contributed by atoms with van der Waals surface area (Å²) in [4.78, 5) is 19.8. The number of carbonyl (C=O) groups excluding carboxylic acids is 1. The van der Waals surface area contributed by atoms with E-state index in [1.807, 2.05) is 6.92 Å². The molecule has 1 saturated heterocycles. The molecule has 3 rings (SSSR count). The average Bonchev–Trinajstić information content (AvgIpc) is 2.85. The number of hydrogen-bond donors (Lipinski definition) is 0. The van der Waals surface area contributed by atoms with E-state index in [0.717, 1.165) is 61.1 Å². The maximum Gasteiger partial charge on any atom is 0.186 e. The van der Waals surface area contributed by atoms with E-state index in [2.05, 4.69) is 9.88 Å². The highest BCUT2D eigenvalue weighted by molar-refractivity contribution is 7.17. The molecular formula is C14H20N2O2S. The summed E-state index contributed by atoms with van der Waals surface area (Å²) in [6.45, 7) is 4.75. The zero-order valence-electron chi connectivity index (χ0n) is 11.4. The van der Waals surface area contributed by atoms with Crippen LogP contribution < -0.4 is 4.90 Å². The van der Waals surface area contributed by atoms with Crippen LogP contribution in [0.2, 0.25) is 0 Å². The summed E-state index contributed by atoms with van der Waals surface area (Å²) in [6, 6.07) is 0. The molecule has 0 saturated carbocycles. The Kier molecular flexibility index (Phi) is 3.84. The van der Waals surface area contributed by atoms with Crippen molar-refractivity contribution in [3.05, 3.63) is 10.6 Å². The van der Waals surface area contributed by atoms with Gasteiger partial charge in [-0.2, -0.15) is 0 Å². The Hall–Kier alpha value is -0.940. The first kappa shape index (κ1) is 13.1. The predicted molar refractivity (Wildman–Crippen MR) is 76.2 cm³/mol. The van der Waals surface area contributed by atoms with Crippen molar-refractivity contribution < 1.29 is 9.53 Å². The number of rotatable bonds is 3. The third kappa shape index (κ3) is 2.67. The molecule has 5 heteroatoms. The zero-order chi connectivity index (χ0) is 13.2. The summed E-state index contributed by atoms with van der Waals surface area (Å²) in [5.41, 5.74) is 1.02. The highest BCUT2D eigenvalue weighted by Gasteiger charge is 2.27. The van der Waals surface area contributed by atoms with Crippen molar-refractivity contribution in [1.82, 2.24) is 4.98 Å². The molecule has 0 bridgehead atoms. The fourth-order valence-electron chi connectivity index (χ4n) is 2.88. The van der Waals surface area contributed by atoms with E-state index in [9.17, 15) is 4.79 Å². The van der Waals surface area contributed by atoms with Crippen LogP contribution in [0.15, 0.2) is 0 Å².